The van der Waals surface area contributed by atoms with Crippen molar-refractivity contribution in [3.8, 4) is 0 Å². The number of nitro benzene ring substituents is 1. The smallest absolute Gasteiger partial charge is 0.338 e. The Kier molecular flexibility index (Phi) is 3.29. The number of rotatable bonds is 4. The van der Waals surface area contributed by atoms with E-state index in [1.54, 1.807) is 0 Å². The van der Waals surface area contributed by atoms with Crippen molar-refractivity contribution in [1.82, 2.24) is 0 Å². The molecule has 2 rings (SSSR count). The Hall–Kier alpha value is -1.95. The van der Waals surface area contributed by atoms with E-state index in [-0.39, 0.29) is 11.1 Å². The fourth-order valence-electron chi connectivity index (χ4n) is 1.58. The van der Waals surface area contributed by atoms with Crippen molar-refractivity contribution in [1.29, 1.82) is 0 Å². The third-order valence-corrected chi connectivity index (χ3v) is 2.77. The summed E-state index contributed by atoms with van der Waals surface area (Å²) in [5.74, 6) is -0.474. The molecule has 1 aliphatic rings. The minimum absolute atomic E-state index is 0.0501. The van der Waals surface area contributed by atoms with Gasteiger partial charge in [-0.05, 0) is 12.1 Å². The third kappa shape index (κ3) is 2.65. The van der Waals surface area contributed by atoms with Crippen LogP contribution in [0.15, 0.2) is 24.3 Å². The quantitative estimate of drug-likeness (QED) is 0.463. The molecule has 0 aromatic heterocycles. The molecule has 1 aliphatic heterocycles. The first kappa shape index (κ1) is 12.5. The molecule has 0 amide bonds. The normalized spacial score (nSPS) is 16.7. The molecule has 1 saturated heterocycles. The number of carbonyl (C=O) groups excluding carboxylic acids is 1. The first-order chi connectivity index (χ1) is 8.50. The molecule has 1 fully saturated rings. The monoisotopic (exact) mass is 251 g/mol. The van der Waals surface area contributed by atoms with E-state index in [1.165, 1.54) is 24.3 Å². The minimum atomic E-state index is -0.512. The van der Waals surface area contributed by atoms with Crippen molar-refractivity contribution in [2.75, 3.05) is 19.8 Å². The van der Waals surface area contributed by atoms with Crippen LogP contribution in [-0.4, -0.2) is 30.7 Å². The van der Waals surface area contributed by atoms with E-state index in [1.807, 2.05) is 6.92 Å². The Morgan fingerprint density at radius 3 is 2.50 bits per heavy atom. The van der Waals surface area contributed by atoms with Gasteiger partial charge >= 0.3 is 5.97 Å². The number of non-ortho nitro benzene ring substituents is 1. The van der Waals surface area contributed by atoms with E-state index in [0.29, 0.717) is 25.4 Å². The maximum absolute atomic E-state index is 11.7. The lowest BCUT2D eigenvalue weighted by Gasteiger charge is -2.37. The summed E-state index contributed by atoms with van der Waals surface area (Å²) in [5, 5.41) is 10.5. The molecule has 0 bridgehead atoms. The lowest BCUT2D eigenvalue weighted by atomic mass is 9.90. The maximum Gasteiger partial charge on any atom is 0.338 e. The number of nitro groups is 1. The van der Waals surface area contributed by atoms with E-state index in [2.05, 4.69) is 0 Å². The van der Waals surface area contributed by atoms with Crippen molar-refractivity contribution in [2.45, 2.75) is 6.92 Å². The molecule has 0 aliphatic carbocycles. The van der Waals surface area contributed by atoms with Crippen molar-refractivity contribution < 1.29 is 19.2 Å². The summed E-state index contributed by atoms with van der Waals surface area (Å²) in [6.07, 6.45) is 0. The van der Waals surface area contributed by atoms with Crippen molar-refractivity contribution in [3.63, 3.8) is 0 Å². The highest BCUT2D eigenvalue weighted by Gasteiger charge is 2.34. The molecule has 1 aromatic rings. The molecule has 1 heterocycles. The second kappa shape index (κ2) is 4.73. The topological polar surface area (TPSA) is 78.7 Å². The highest BCUT2D eigenvalue weighted by atomic mass is 16.6. The van der Waals surface area contributed by atoms with Gasteiger partial charge in [-0.25, -0.2) is 4.79 Å². The molecule has 96 valence electrons. The van der Waals surface area contributed by atoms with Gasteiger partial charge in [-0.3, -0.25) is 10.1 Å². The van der Waals surface area contributed by atoms with Crippen LogP contribution in [0.25, 0.3) is 0 Å². The van der Waals surface area contributed by atoms with Gasteiger partial charge in [0.15, 0.2) is 0 Å². The SMILES string of the molecule is CC1(COC(=O)c2ccc([N+](=O)[O-])cc2)COC1. The van der Waals surface area contributed by atoms with Crippen LogP contribution >= 0.6 is 0 Å². The van der Waals surface area contributed by atoms with Crippen molar-refractivity contribution in [3.05, 3.63) is 39.9 Å². The molecule has 0 spiro atoms. The highest BCUT2D eigenvalue weighted by molar-refractivity contribution is 5.89. The summed E-state index contributed by atoms with van der Waals surface area (Å²) in [7, 11) is 0. The van der Waals surface area contributed by atoms with Gasteiger partial charge in [-0.15, -0.1) is 0 Å². The average molecular weight is 251 g/mol. The Balaban J connectivity index is 1.94. The van der Waals surface area contributed by atoms with Crippen LogP contribution in [-0.2, 0) is 9.47 Å². The van der Waals surface area contributed by atoms with Gasteiger partial charge < -0.3 is 9.47 Å². The molecule has 6 heteroatoms. The zero-order valence-electron chi connectivity index (χ0n) is 9.92. The molecular weight excluding hydrogens is 238 g/mol. The first-order valence-electron chi connectivity index (χ1n) is 5.50. The predicted octanol–water partition coefficient (Wildman–Crippen LogP) is 1.79. The fourth-order valence-corrected chi connectivity index (χ4v) is 1.58. The Bertz CT molecular complexity index is 464. The van der Waals surface area contributed by atoms with Gasteiger partial charge in [0.1, 0.15) is 6.61 Å². The van der Waals surface area contributed by atoms with Crippen LogP contribution in [0.4, 0.5) is 5.69 Å². The summed E-state index contributed by atoms with van der Waals surface area (Å²) >= 11 is 0. The van der Waals surface area contributed by atoms with E-state index in [0.717, 1.165) is 0 Å². The van der Waals surface area contributed by atoms with Gasteiger partial charge in [-0.1, -0.05) is 6.92 Å². The van der Waals surface area contributed by atoms with Crippen LogP contribution in [0.2, 0.25) is 0 Å². The summed E-state index contributed by atoms with van der Waals surface area (Å²) in [4.78, 5) is 21.6. The molecule has 0 N–H and O–H groups in total. The molecule has 1 aromatic carbocycles. The Morgan fingerprint density at radius 2 is 2.06 bits per heavy atom. The summed E-state index contributed by atoms with van der Waals surface area (Å²) in [5.41, 5.74) is 0.159. The van der Waals surface area contributed by atoms with Crippen molar-refractivity contribution >= 4 is 11.7 Å². The van der Waals surface area contributed by atoms with Crippen LogP contribution in [0.5, 0.6) is 0 Å². The number of ether oxygens (including phenoxy) is 2. The van der Waals surface area contributed by atoms with Gasteiger partial charge in [0.05, 0.1) is 23.7 Å². The number of hydrogen-bond acceptors (Lipinski definition) is 5. The summed E-state index contributed by atoms with van der Waals surface area (Å²) in [6.45, 7) is 3.43. The molecule has 6 nitrogen and oxygen atoms in total. The van der Waals surface area contributed by atoms with Gasteiger partial charge in [-0.2, -0.15) is 0 Å². The standard InChI is InChI=1S/C12H13NO5/c1-12(6-17-7-12)8-18-11(14)9-2-4-10(5-3-9)13(15)16/h2-5H,6-8H2,1H3. The van der Waals surface area contributed by atoms with Gasteiger partial charge in [0.2, 0.25) is 0 Å². The Morgan fingerprint density at radius 1 is 1.44 bits per heavy atom. The fraction of sp³-hybridized carbons (Fsp3) is 0.417. The molecule has 0 radical (unpaired) electrons. The molecule has 0 atom stereocenters. The number of nitrogens with zero attached hydrogens (tertiary/aromatic N) is 1. The largest absolute Gasteiger partial charge is 0.461 e. The van der Waals surface area contributed by atoms with Gasteiger partial charge in [0, 0.05) is 17.5 Å². The molecule has 0 saturated carbocycles. The lowest BCUT2D eigenvalue weighted by Crippen LogP contribution is -2.44. The molecular formula is C12H13NO5. The molecule has 0 unspecified atom stereocenters. The summed E-state index contributed by atoms with van der Waals surface area (Å²) < 4.78 is 10.2. The van der Waals surface area contributed by atoms with Gasteiger partial charge in [0.25, 0.3) is 5.69 Å². The third-order valence-electron chi connectivity index (χ3n) is 2.77. The van der Waals surface area contributed by atoms with Crippen LogP contribution < -0.4 is 0 Å². The zero-order chi connectivity index (χ0) is 13.2. The maximum atomic E-state index is 11.7. The summed E-state index contributed by atoms with van der Waals surface area (Å²) in [6, 6.07) is 5.34. The highest BCUT2D eigenvalue weighted by Crippen LogP contribution is 2.27. The van der Waals surface area contributed by atoms with E-state index in [9.17, 15) is 14.9 Å². The van der Waals surface area contributed by atoms with E-state index < -0.39 is 10.9 Å². The van der Waals surface area contributed by atoms with Crippen LogP contribution in [0, 0.1) is 15.5 Å². The zero-order valence-corrected chi connectivity index (χ0v) is 9.92. The second-order valence-electron chi connectivity index (χ2n) is 4.68. The second-order valence-corrected chi connectivity index (χ2v) is 4.68. The number of carbonyl (C=O) groups is 1. The predicted molar refractivity (Wildman–Crippen MR) is 62.3 cm³/mol. The Labute approximate surface area is 104 Å². The van der Waals surface area contributed by atoms with Crippen LogP contribution in [0.3, 0.4) is 0 Å². The number of hydrogen-bond donors (Lipinski definition) is 0. The van der Waals surface area contributed by atoms with E-state index in [4.69, 9.17) is 9.47 Å². The lowest BCUT2D eigenvalue weighted by molar-refractivity contribution is -0.384. The first-order valence-corrected chi connectivity index (χ1v) is 5.50. The van der Waals surface area contributed by atoms with Crippen molar-refractivity contribution in [2.24, 2.45) is 5.41 Å². The van der Waals surface area contributed by atoms with Crippen LogP contribution in [0.1, 0.15) is 17.3 Å². The molecule has 18 heavy (non-hydrogen) atoms. The van der Waals surface area contributed by atoms with E-state index >= 15 is 0 Å². The average Bonchev–Trinajstić information content (AvgIpc) is 2.33. The number of esters is 1. The minimum Gasteiger partial charge on any atom is -0.461 e. The number of benzene rings is 1.